The number of morpholine rings is 1. The monoisotopic (exact) mass is 232 g/mol. The second-order valence-corrected chi connectivity index (χ2v) is 5.30. The SMILES string of the molecule is NCCS[C@H]1COC[C@@H]1N1CCOCC1. The second kappa shape index (κ2) is 6.06. The van der Waals surface area contributed by atoms with Crippen LogP contribution in [-0.2, 0) is 9.47 Å². The fourth-order valence-electron chi connectivity index (χ4n) is 2.15. The van der Waals surface area contributed by atoms with Gasteiger partial charge in [-0.1, -0.05) is 0 Å². The molecular formula is C10H20N2O2S. The molecule has 2 aliphatic heterocycles. The molecule has 0 bridgehead atoms. The van der Waals surface area contributed by atoms with Gasteiger partial charge in [0.1, 0.15) is 0 Å². The smallest absolute Gasteiger partial charge is 0.0634 e. The molecule has 2 N–H and O–H groups in total. The van der Waals surface area contributed by atoms with E-state index in [-0.39, 0.29) is 0 Å². The number of hydrogen-bond donors (Lipinski definition) is 1. The van der Waals surface area contributed by atoms with E-state index < -0.39 is 0 Å². The number of ether oxygens (including phenoxy) is 2. The lowest BCUT2D eigenvalue weighted by Crippen LogP contribution is -2.48. The highest BCUT2D eigenvalue weighted by molar-refractivity contribution is 8.00. The molecule has 0 amide bonds. The van der Waals surface area contributed by atoms with Crippen molar-refractivity contribution in [1.29, 1.82) is 0 Å². The first kappa shape index (κ1) is 11.7. The molecule has 2 atom stereocenters. The van der Waals surface area contributed by atoms with Gasteiger partial charge in [-0.2, -0.15) is 11.8 Å². The van der Waals surface area contributed by atoms with Crippen LogP contribution in [0.4, 0.5) is 0 Å². The van der Waals surface area contributed by atoms with Crippen LogP contribution < -0.4 is 5.73 Å². The van der Waals surface area contributed by atoms with Gasteiger partial charge >= 0.3 is 0 Å². The molecule has 2 heterocycles. The van der Waals surface area contributed by atoms with E-state index in [2.05, 4.69) is 4.90 Å². The van der Waals surface area contributed by atoms with Crippen molar-refractivity contribution in [1.82, 2.24) is 4.90 Å². The molecule has 15 heavy (non-hydrogen) atoms. The zero-order valence-corrected chi connectivity index (χ0v) is 9.88. The molecular weight excluding hydrogens is 212 g/mol. The van der Waals surface area contributed by atoms with Gasteiger partial charge in [-0.3, -0.25) is 4.90 Å². The number of nitrogens with zero attached hydrogens (tertiary/aromatic N) is 1. The minimum atomic E-state index is 0.574. The minimum absolute atomic E-state index is 0.574. The molecule has 0 aromatic carbocycles. The average molecular weight is 232 g/mol. The van der Waals surface area contributed by atoms with Crippen LogP contribution >= 0.6 is 11.8 Å². The average Bonchev–Trinajstić information content (AvgIpc) is 2.75. The Morgan fingerprint density at radius 2 is 2.00 bits per heavy atom. The van der Waals surface area contributed by atoms with Crippen molar-refractivity contribution < 1.29 is 9.47 Å². The Morgan fingerprint density at radius 1 is 1.20 bits per heavy atom. The Bertz CT molecular complexity index is 188. The first-order valence-corrected chi connectivity index (χ1v) is 6.68. The summed E-state index contributed by atoms with van der Waals surface area (Å²) in [4.78, 5) is 2.50. The van der Waals surface area contributed by atoms with E-state index in [9.17, 15) is 0 Å². The van der Waals surface area contributed by atoms with Crippen molar-refractivity contribution >= 4 is 11.8 Å². The van der Waals surface area contributed by atoms with Crippen LogP contribution in [-0.4, -0.2) is 68.0 Å². The summed E-state index contributed by atoms with van der Waals surface area (Å²) in [6, 6.07) is 0.574. The molecule has 88 valence electrons. The summed E-state index contributed by atoms with van der Waals surface area (Å²) in [5.74, 6) is 1.04. The van der Waals surface area contributed by atoms with E-state index >= 15 is 0 Å². The van der Waals surface area contributed by atoms with E-state index in [0.29, 0.717) is 11.3 Å². The van der Waals surface area contributed by atoms with Crippen LogP contribution in [0.2, 0.25) is 0 Å². The Kier molecular flexibility index (Phi) is 4.71. The lowest BCUT2D eigenvalue weighted by Gasteiger charge is -2.34. The lowest BCUT2D eigenvalue weighted by atomic mass is 10.2. The van der Waals surface area contributed by atoms with Crippen molar-refractivity contribution in [3.63, 3.8) is 0 Å². The van der Waals surface area contributed by atoms with Crippen LogP contribution in [0.15, 0.2) is 0 Å². The van der Waals surface area contributed by atoms with E-state index in [1.807, 2.05) is 11.8 Å². The molecule has 0 spiro atoms. The summed E-state index contributed by atoms with van der Waals surface area (Å²) in [6.45, 7) is 6.35. The number of nitrogens with two attached hydrogens (primary N) is 1. The largest absolute Gasteiger partial charge is 0.379 e. The maximum atomic E-state index is 5.58. The normalized spacial score (nSPS) is 33.4. The van der Waals surface area contributed by atoms with Crippen molar-refractivity contribution in [2.75, 3.05) is 51.8 Å². The predicted molar refractivity (Wildman–Crippen MR) is 62.3 cm³/mol. The van der Waals surface area contributed by atoms with E-state index in [1.54, 1.807) is 0 Å². The molecule has 0 saturated carbocycles. The lowest BCUT2D eigenvalue weighted by molar-refractivity contribution is 0.0149. The zero-order chi connectivity index (χ0) is 10.5. The Hall–Kier alpha value is 0.190. The highest BCUT2D eigenvalue weighted by atomic mass is 32.2. The summed E-state index contributed by atoms with van der Waals surface area (Å²) in [6.07, 6.45) is 0. The summed E-state index contributed by atoms with van der Waals surface area (Å²) in [5.41, 5.74) is 5.54. The van der Waals surface area contributed by atoms with Crippen LogP contribution in [0.25, 0.3) is 0 Å². The highest BCUT2D eigenvalue weighted by Crippen LogP contribution is 2.25. The summed E-state index contributed by atoms with van der Waals surface area (Å²) < 4.78 is 10.9. The molecule has 2 saturated heterocycles. The second-order valence-electron chi connectivity index (χ2n) is 3.95. The molecule has 2 fully saturated rings. The first-order chi connectivity index (χ1) is 7.42. The van der Waals surface area contributed by atoms with Gasteiger partial charge in [0.05, 0.1) is 26.4 Å². The maximum Gasteiger partial charge on any atom is 0.0634 e. The third-order valence-electron chi connectivity index (χ3n) is 2.96. The van der Waals surface area contributed by atoms with Gasteiger partial charge in [0.2, 0.25) is 0 Å². The van der Waals surface area contributed by atoms with Gasteiger partial charge < -0.3 is 15.2 Å². The third kappa shape index (κ3) is 3.07. The molecule has 0 aromatic heterocycles. The summed E-state index contributed by atoms with van der Waals surface area (Å²) in [5, 5.41) is 0.603. The highest BCUT2D eigenvalue weighted by Gasteiger charge is 2.33. The van der Waals surface area contributed by atoms with Crippen molar-refractivity contribution in [3.05, 3.63) is 0 Å². The number of hydrogen-bond acceptors (Lipinski definition) is 5. The van der Waals surface area contributed by atoms with Gasteiger partial charge in [-0.15, -0.1) is 0 Å². The van der Waals surface area contributed by atoms with Crippen molar-refractivity contribution in [3.8, 4) is 0 Å². The summed E-state index contributed by atoms with van der Waals surface area (Å²) in [7, 11) is 0. The van der Waals surface area contributed by atoms with E-state index in [4.69, 9.17) is 15.2 Å². The number of rotatable bonds is 4. The molecule has 0 aliphatic carbocycles. The van der Waals surface area contributed by atoms with E-state index in [1.165, 1.54) is 0 Å². The van der Waals surface area contributed by atoms with Gasteiger partial charge in [-0.05, 0) is 0 Å². The van der Waals surface area contributed by atoms with Crippen LogP contribution in [0, 0.1) is 0 Å². The van der Waals surface area contributed by atoms with Gasteiger partial charge in [0.25, 0.3) is 0 Å². The molecule has 2 aliphatic rings. The topological polar surface area (TPSA) is 47.7 Å². The van der Waals surface area contributed by atoms with Crippen molar-refractivity contribution in [2.45, 2.75) is 11.3 Å². The molecule has 0 radical (unpaired) electrons. The molecule has 2 rings (SSSR count). The van der Waals surface area contributed by atoms with Crippen LogP contribution in [0.3, 0.4) is 0 Å². The Balaban J connectivity index is 1.82. The van der Waals surface area contributed by atoms with Gasteiger partial charge in [0.15, 0.2) is 0 Å². The first-order valence-electron chi connectivity index (χ1n) is 5.63. The molecule has 5 heteroatoms. The standard InChI is InChI=1S/C10H20N2O2S/c11-1-6-15-10-8-14-7-9(10)12-2-4-13-5-3-12/h9-10H,1-8,11H2/t9-,10-/m0/s1. The maximum absolute atomic E-state index is 5.58. The number of thioether (sulfide) groups is 1. The predicted octanol–water partition coefficient (Wildman–Crippen LogP) is -0.222. The molecule has 4 nitrogen and oxygen atoms in total. The zero-order valence-electron chi connectivity index (χ0n) is 9.06. The van der Waals surface area contributed by atoms with Gasteiger partial charge in [-0.25, -0.2) is 0 Å². The Labute approximate surface area is 95.5 Å². The summed E-state index contributed by atoms with van der Waals surface area (Å²) >= 11 is 1.95. The van der Waals surface area contributed by atoms with Crippen LogP contribution in [0.5, 0.6) is 0 Å². The van der Waals surface area contributed by atoms with Gasteiger partial charge in [0, 0.05) is 36.7 Å². The van der Waals surface area contributed by atoms with E-state index in [0.717, 1.165) is 51.8 Å². The fraction of sp³-hybridized carbons (Fsp3) is 1.00. The quantitative estimate of drug-likeness (QED) is 0.726. The molecule has 0 aromatic rings. The fourth-order valence-corrected chi connectivity index (χ4v) is 3.26. The molecule has 0 unspecified atom stereocenters. The third-order valence-corrected chi connectivity index (χ3v) is 4.31. The van der Waals surface area contributed by atoms with Crippen LogP contribution in [0.1, 0.15) is 0 Å². The van der Waals surface area contributed by atoms with Crippen molar-refractivity contribution in [2.24, 2.45) is 5.73 Å². The minimum Gasteiger partial charge on any atom is -0.379 e. The Morgan fingerprint density at radius 3 is 2.73 bits per heavy atom.